The molecule has 0 amide bonds. The topological polar surface area (TPSA) is 46.5 Å². The second kappa shape index (κ2) is 6.53. The molecule has 1 aromatic carbocycles. The van der Waals surface area contributed by atoms with E-state index in [4.69, 9.17) is 9.84 Å². The minimum atomic E-state index is -0.379. The zero-order chi connectivity index (χ0) is 12.7. The first-order valence-corrected chi connectivity index (χ1v) is 5.35. The standard InChI is InChI=1S/C14H16O3/c1-11(2)9-10-17-14(16)8-5-12-3-6-13(15)7-4-12/h3-9,15H,10H2,1-2H3/b8-5+. The van der Waals surface area contributed by atoms with E-state index in [2.05, 4.69) is 0 Å². The van der Waals surface area contributed by atoms with Gasteiger partial charge in [-0.25, -0.2) is 4.79 Å². The van der Waals surface area contributed by atoms with Gasteiger partial charge in [-0.15, -0.1) is 0 Å². The quantitative estimate of drug-likeness (QED) is 0.493. The van der Waals surface area contributed by atoms with Gasteiger partial charge in [-0.3, -0.25) is 0 Å². The van der Waals surface area contributed by atoms with Crippen LogP contribution in [0.1, 0.15) is 19.4 Å². The normalized spacial score (nSPS) is 10.2. The fourth-order valence-corrected chi connectivity index (χ4v) is 1.09. The van der Waals surface area contributed by atoms with Crippen LogP contribution in [0.15, 0.2) is 42.0 Å². The second-order valence-corrected chi connectivity index (χ2v) is 3.84. The number of phenols is 1. The van der Waals surface area contributed by atoms with Gasteiger partial charge in [0.05, 0.1) is 0 Å². The molecule has 0 bridgehead atoms. The molecule has 0 fully saturated rings. The van der Waals surface area contributed by atoms with E-state index in [1.165, 1.54) is 6.08 Å². The average molecular weight is 232 g/mol. The Balaban J connectivity index is 2.45. The largest absolute Gasteiger partial charge is 0.508 e. The van der Waals surface area contributed by atoms with Crippen molar-refractivity contribution in [2.24, 2.45) is 0 Å². The zero-order valence-corrected chi connectivity index (χ0v) is 10.0. The zero-order valence-electron chi connectivity index (χ0n) is 10.0. The highest BCUT2D eigenvalue weighted by molar-refractivity contribution is 5.87. The Bertz CT molecular complexity index is 423. The van der Waals surface area contributed by atoms with Gasteiger partial charge in [0, 0.05) is 6.08 Å². The number of hydrogen-bond acceptors (Lipinski definition) is 3. The summed E-state index contributed by atoms with van der Waals surface area (Å²) in [6.45, 7) is 4.18. The van der Waals surface area contributed by atoms with Crippen LogP contribution in [0, 0.1) is 0 Å². The Labute approximate surface area is 101 Å². The van der Waals surface area contributed by atoms with Gasteiger partial charge in [0.1, 0.15) is 12.4 Å². The molecular formula is C14H16O3. The molecule has 0 aliphatic heterocycles. The van der Waals surface area contributed by atoms with E-state index in [1.54, 1.807) is 30.3 Å². The number of carbonyl (C=O) groups is 1. The molecule has 0 spiro atoms. The lowest BCUT2D eigenvalue weighted by atomic mass is 10.2. The Morgan fingerprint density at radius 1 is 1.29 bits per heavy atom. The molecular weight excluding hydrogens is 216 g/mol. The molecule has 0 radical (unpaired) electrons. The van der Waals surface area contributed by atoms with E-state index in [9.17, 15) is 4.79 Å². The van der Waals surface area contributed by atoms with Crippen molar-refractivity contribution in [3.63, 3.8) is 0 Å². The molecule has 0 saturated heterocycles. The fraction of sp³-hybridized carbons (Fsp3) is 0.214. The first-order valence-electron chi connectivity index (χ1n) is 5.35. The third kappa shape index (κ3) is 5.56. The van der Waals surface area contributed by atoms with Gasteiger partial charge in [0.15, 0.2) is 0 Å². The van der Waals surface area contributed by atoms with Gasteiger partial charge >= 0.3 is 5.97 Å². The van der Waals surface area contributed by atoms with Crippen molar-refractivity contribution < 1.29 is 14.6 Å². The highest BCUT2D eigenvalue weighted by Gasteiger charge is 1.95. The maximum atomic E-state index is 11.3. The second-order valence-electron chi connectivity index (χ2n) is 3.84. The first kappa shape index (κ1) is 13.0. The van der Waals surface area contributed by atoms with Crippen molar-refractivity contribution in [2.75, 3.05) is 6.61 Å². The molecule has 0 saturated carbocycles. The number of ether oxygens (including phenoxy) is 1. The number of hydrogen-bond donors (Lipinski definition) is 1. The summed E-state index contributed by atoms with van der Waals surface area (Å²) in [7, 11) is 0. The number of phenolic OH excluding ortho intramolecular Hbond substituents is 1. The predicted molar refractivity (Wildman–Crippen MR) is 67.5 cm³/mol. The van der Waals surface area contributed by atoms with Gasteiger partial charge in [-0.1, -0.05) is 17.7 Å². The van der Waals surface area contributed by atoms with Crippen LogP contribution in [-0.2, 0) is 9.53 Å². The molecule has 3 nitrogen and oxygen atoms in total. The lowest BCUT2D eigenvalue weighted by Gasteiger charge is -1.97. The number of esters is 1. The fourth-order valence-electron chi connectivity index (χ4n) is 1.09. The van der Waals surface area contributed by atoms with Crippen molar-refractivity contribution in [3.8, 4) is 5.75 Å². The van der Waals surface area contributed by atoms with Gasteiger partial charge in [-0.05, 0) is 43.7 Å². The number of carbonyl (C=O) groups excluding carboxylic acids is 1. The van der Waals surface area contributed by atoms with Crippen LogP contribution >= 0.6 is 0 Å². The molecule has 3 heteroatoms. The molecule has 0 heterocycles. The van der Waals surface area contributed by atoms with E-state index < -0.39 is 0 Å². The molecule has 17 heavy (non-hydrogen) atoms. The third-order valence-corrected chi connectivity index (χ3v) is 2.02. The Kier molecular flexibility index (Phi) is 5.01. The smallest absolute Gasteiger partial charge is 0.331 e. The minimum absolute atomic E-state index is 0.202. The number of benzene rings is 1. The maximum Gasteiger partial charge on any atom is 0.331 e. The summed E-state index contributed by atoms with van der Waals surface area (Å²) in [6.07, 6.45) is 4.85. The molecule has 0 aliphatic carbocycles. The Morgan fingerprint density at radius 2 is 1.94 bits per heavy atom. The first-order chi connectivity index (χ1) is 8.08. The SMILES string of the molecule is CC(C)=CCOC(=O)/C=C/c1ccc(O)cc1. The van der Waals surface area contributed by atoms with E-state index >= 15 is 0 Å². The lowest BCUT2D eigenvalue weighted by molar-refractivity contribution is -0.136. The van der Waals surface area contributed by atoms with E-state index in [0.29, 0.717) is 6.61 Å². The molecule has 0 atom stereocenters. The maximum absolute atomic E-state index is 11.3. The summed E-state index contributed by atoms with van der Waals surface area (Å²) in [5, 5.41) is 9.08. The van der Waals surface area contributed by atoms with Crippen molar-refractivity contribution >= 4 is 12.0 Å². The van der Waals surface area contributed by atoms with Crippen LogP contribution in [0.25, 0.3) is 6.08 Å². The van der Waals surface area contributed by atoms with E-state index in [-0.39, 0.29) is 11.7 Å². The lowest BCUT2D eigenvalue weighted by Crippen LogP contribution is -2.00. The molecule has 90 valence electrons. The van der Waals surface area contributed by atoms with Crippen LogP contribution in [0.5, 0.6) is 5.75 Å². The van der Waals surface area contributed by atoms with E-state index in [1.807, 2.05) is 19.9 Å². The highest BCUT2D eigenvalue weighted by Crippen LogP contribution is 2.10. The van der Waals surface area contributed by atoms with Crippen LogP contribution in [0.3, 0.4) is 0 Å². The minimum Gasteiger partial charge on any atom is -0.508 e. The Morgan fingerprint density at radius 3 is 2.53 bits per heavy atom. The van der Waals surface area contributed by atoms with Gasteiger partial charge in [0.2, 0.25) is 0 Å². The summed E-state index contributed by atoms with van der Waals surface area (Å²) in [4.78, 5) is 11.3. The van der Waals surface area contributed by atoms with Gasteiger partial charge in [0.25, 0.3) is 0 Å². The summed E-state index contributed by atoms with van der Waals surface area (Å²) in [6, 6.07) is 6.56. The molecule has 1 N–H and O–H groups in total. The average Bonchev–Trinajstić information content (AvgIpc) is 2.28. The number of aromatic hydroxyl groups is 1. The van der Waals surface area contributed by atoms with Gasteiger partial charge < -0.3 is 9.84 Å². The molecule has 0 aliphatic rings. The summed E-state index contributed by atoms with van der Waals surface area (Å²) >= 11 is 0. The van der Waals surface area contributed by atoms with E-state index in [0.717, 1.165) is 11.1 Å². The van der Waals surface area contributed by atoms with Gasteiger partial charge in [-0.2, -0.15) is 0 Å². The van der Waals surface area contributed by atoms with Crippen molar-refractivity contribution in [1.82, 2.24) is 0 Å². The summed E-state index contributed by atoms with van der Waals surface area (Å²) in [5.41, 5.74) is 1.95. The monoisotopic (exact) mass is 232 g/mol. The van der Waals surface area contributed by atoms with Crippen molar-refractivity contribution in [1.29, 1.82) is 0 Å². The molecule has 1 aromatic rings. The molecule has 0 aromatic heterocycles. The summed E-state index contributed by atoms with van der Waals surface area (Å²) < 4.78 is 4.95. The van der Waals surface area contributed by atoms with Crippen molar-refractivity contribution in [3.05, 3.63) is 47.6 Å². The summed E-state index contributed by atoms with van der Waals surface area (Å²) in [5.74, 6) is -0.177. The van der Waals surface area contributed by atoms with Crippen LogP contribution < -0.4 is 0 Å². The Hall–Kier alpha value is -2.03. The molecule has 0 unspecified atom stereocenters. The number of rotatable bonds is 4. The predicted octanol–water partition coefficient (Wildman–Crippen LogP) is 2.91. The van der Waals surface area contributed by atoms with Crippen LogP contribution in [0.4, 0.5) is 0 Å². The molecule has 1 rings (SSSR count). The third-order valence-electron chi connectivity index (χ3n) is 2.02. The highest BCUT2D eigenvalue weighted by atomic mass is 16.5. The van der Waals surface area contributed by atoms with Crippen LogP contribution in [0.2, 0.25) is 0 Å². The number of allylic oxidation sites excluding steroid dienone is 1. The van der Waals surface area contributed by atoms with Crippen LogP contribution in [-0.4, -0.2) is 17.7 Å². The van der Waals surface area contributed by atoms with Crippen molar-refractivity contribution in [2.45, 2.75) is 13.8 Å².